The molecule has 4 heteroatoms. The summed E-state index contributed by atoms with van der Waals surface area (Å²) in [5, 5.41) is 2.85. The number of hydrogen-bond donors (Lipinski definition) is 1. The molecular weight excluding hydrogens is 240 g/mol. The highest BCUT2D eigenvalue weighted by Gasteiger charge is 2.42. The van der Waals surface area contributed by atoms with Crippen LogP contribution in [0.1, 0.15) is 58.3 Å². The van der Waals surface area contributed by atoms with Crippen molar-refractivity contribution in [2.24, 2.45) is 5.92 Å². The van der Waals surface area contributed by atoms with Crippen LogP contribution in [0.2, 0.25) is 0 Å². The van der Waals surface area contributed by atoms with Crippen LogP contribution in [-0.2, 0) is 9.59 Å². The topological polar surface area (TPSA) is 49.4 Å². The van der Waals surface area contributed by atoms with Gasteiger partial charge in [-0.15, -0.1) is 0 Å². The second-order valence-electron chi connectivity index (χ2n) is 5.91. The van der Waals surface area contributed by atoms with Gasteiger partial charge in [0, 0.05) is 6.54 Å². The Labute approximate surface area is 115 Å². The van der Waals surface area contributed by atoms with Crippen LogP contribution in [0.3, 0.4) is 0 Å². The number of rotatable bonds is 8. The lowest BCUT2D eigenvalue weighted by Crippen LogP contribution is -2.58. The number of unbranched alkanes of at least 4 members (excludes halogenated alkanes) is 5. The highest BCUT2D eigenvalue weighted by atomic mass is 16.2. The molecule has 2 fully saturated rings. The van der Waals surface area contributed by atoms with Crippen LogP contribution >= 0.6 is 0 Å². The number of nitrogens with one attached hydrogen (secondary N) is 1. The molecule has 0 aromatic carbocycles. The molecule has 2 rings (SSSR count). The average molecular weight is 266 g/mol. The van der Waals surface area contributed by atoms with Gasteiger partial charge in [-0.25, -0.2) is 0 Å². The highest BCUT2D eigenvalue weighted by Crippen LogP contribution is 2.34. The lowest BCUT2D eigenvalue weighted by atomic mass is 10.1. The molecule has 0 aromatic heterocycles. The lowest BCUT2D eigenvalue weighted by molar-refractivity contribution is -0.144. The quantitative estimate of drug-likeness (QED) is 0.684. The van der Waals surface area contributed by atoms with E-state index in [4.69, 9.17) is 0 Å². The molecule has 1 N–H and O–H groups in total. The minimum absolute atomic E-state index is 0.0162. The second-order valence-corrected chi connectivity index (χ2v) is 5.91. The van der Waals surface area contributed by atoms with Crippen molar-refractivity contribution in [2.45, 2.75) is 64.3 Å². The number of amides is 2. The van der Waals surface area contributed by atoms with Crippen LogP contribution in [0.15, 0.2) is 0 Å². The van der Waals surface area contributed by atoms with Crippen molar-refractivity contribution in [3.8, 4) is 0 Å². The van der Waals surface area contributed by atoms with E-state index in [-0.39, 0.29) is 24.4 Å². The van der Waals surface area contributed by atoms with Gasteiger partial charge in [0.25, 0.3) is 0 Å². The summed E-state index contributed by atoms with van der Waals surface area (Å²) in [7, 11) is 0. The third-order valence-electron chi connectivity index (χ3n) is 4.10. The molecule has 1 unspecified atom stereocenters. The summed E-state index contributed by atoms with van der Waals surface area (Å²) in [6.45, 7) is 3.22. The van der Waals surface area contributed by atoms with Crippen molar-refractivity contribution in [1.29, 1.82) is 0 Å². The summed E-state index contributed by atoms with van der Waals surface area (Å²) in [4.78, 5) is 25.6. The summed E-state index contributed by atoms with van der Waals surface area (Å²) in [6, 6.07) is -0.221. The molecule has 1 aliphatic heterocycles. The SMILES string of the molecule is CCCCCCCCN1CC(=O)NC(C2CC2)C1=O. The van der Waals surface area contributed by atoms with Crippen molar-refractivity contribution >= 4 is 11.8 Å². The van der Waals surface area contributed by atoms with Crippen molar-refractivity contribution in [3.63, 3.8) is 0 Å². The molecule has 0 bridgehead atoms. The zero-order valence-electron chi connectivity index (χ0n) is 12.0. The van der Waals surface area contributed by atoms with Crippen molar-refractivity contribution in [1.82, 2.24) is 10.2 Å². The van der Waals surface area contributed by atoms with E-state index in [9.17, 15) is 9.59 Å². The Balaban J connectivity index is 1.69. The molecule has 2 aliphatic rings. The summed E-state index contributed by atoms with van der Waals surface area (Å²) < 4.78 is 0. The molecule has 2 amide bonds. The molecule has 1 saturated heterocycles. The van der Waals surface area contributed by atoms with Crippen molar-refractivity contribution in [2.75, 3.05) is 13.1 Å². The highest BCUT2D eigenvalue weighted by molar-refractivity contribution is 5.95. The van der Waals surface area contributed by atoms with Crippen LogP contribution in [0, 0.1) is 5.92 Å². The first-order valence-electron chi connectivity index (χ1n) is 7.80. The number of carbonyl (C=O) groups is 2. The zero-order valence-corrected chi connectivity index (χ0v) is 12.0. The molecule has 1 atom stereocenters. The van der Waals surface area contributed by atoms with Crippen LogP contribution in [0.25, 0.3) is 0 Å². The normalized spacial score (nSPS) is 23.6. The third-order valence-corrected chi connectivity index (χ3v) is 4.10. The van der Waals surface area contributed by atoms with Gasteiger partial charge in [0.15, 0.2) is 0 Å². The minimum atomic E-state index is -0.221. The Morgan fingerprint density at radius 2 is 1.79 bits per heavy atom. The Morgan fingerprint density at radius 3 is 2.47 bits per heavy atom. The van der Waals surface area contributed by atoms with E-state index in [1.165, 1.54) is 32.1 Å². The maximum Gasteiger partial charge on any atom is 0.245 e. The van der Waals surface area contributed by atoms with Gasteiger partial charge in [-0.1, -0.05) is 39.0 Å². The molecule has 1 aliphatic carbocycles. The van der Waals surface area contributed by atoms with Crippen molar-refractivity contribution < 1.29 is 9.59 Å². The molecule has 0 radical (unpaired) electrons. The predicted molar refractivity (Wildman–Crippen MR) is 74.6 cm³/mol. The smallest absolute Gasteiger partial charge is 0.245 e. The van der Waals surface area contributed by atoms with Gasteiger partial charge in [0.1, 0.15) is 6.04 Å². The standard InChI is InChI=1S/C15H26N2O2/c1-2-3-4-5-6-7-10-17-11-13(18)16-14(15(17)19)12-8-9-12/h12,14H,2-11H2,1H3,(H,16,18). The number of hydrogen-bond acceptors (Lipinski definition) is 2. The predicted octanol–water partition coefficient (Wildman–Crippen LogP) is 2.08. The fraction of sp³-hybridized carbons (Fsp3) is 0.867. The molecule has 0 spiro atoms. The van der Waals surface area contributed by atoms with Crippen molar-refractivity contribution in [3.05, 3.63) is 0 Å². The van der Waals surface area contributed by atoms with Crippen LogP contribution in [0.4, 0.5) is 0 Å². The summed E-state index contributed by atoms with van der Waals surface area (Å²) in [5.74, 6) is 0.571. The van der Waals surface area contributed by atoms with Crippen LogP contribution in [0.5, 0.6) is 0 Å². The van der Waals surface area contributed by atoms with E-state index in [1.807, 2.05) is 0 Å². The maximum absolute atomic E-state index is 12.2. The van der Waals surface area contributed by atoms with Crippen LogP contribution < -0.4 is 5.32 Å². The fourth-order valence-electron chi connectivity index (χ4n) is 2.75. The number of carbonyl (C=O) groups excluding carboxylic acids is 2. The second kappa shape index (κ2) is 6.92. The Hall–Kier alpha value is -1.06. The fourth-order valence-corrected chi connectivity index (χ4v) is 2.75. The molecular formula is C15H26N2O2. The number of nitrogens with zero attached hydrogens (tertiary/aromatic N) is 1. The molecule has 0 aromatic rings. The molecule has 108 valence electrons. The van der Waals surface area contributed by atoms with E-state index in [2.05, 4.69) is 12.2 Å². The molecule has 1 saturated carbocycles. The molecule has 1 heterocycles. The first-order valence-corrected chi connectivity index (χ1v) is 7.80. The van der Waals surface area contributed by atoms with E-state index in [0.29, 0.717) is 5.92 Å². The Kier molecular flexibility index (Phi) is 5.23. The van der Waals surface area contributed by atoms with Gasteiger partial charge in [-0.2, -0.15) is 0 Å². The van der Waals surface area contributed by atoms with Gasteiger partial charge < -0.3 is 10.2 Å². The molecule has 19 heavy (non-hydrogen) atoms. The third kappa shape index (κ3) is 4.22. The summed E-state index contributed by atoms with van der Waals surface area (Å²) in [5.41, 5.74) is 0. The first kappa shape index (κ1) is 14.4. The summed E-state index contributed by atoms with van der Waals surface area (Å²) >= 11 is 0. The van der Waals surface area contributed by atoms with Gasteiger partial charge in [-0.05, 0) is 25.2 Å². The lowest BCUT2D eigenvalue weighted by Gasteiger charge is -2.32. The zero-order chi connectivity index (χ0) is 13.7. The first-order chi connectivity index (χ1) is 9.22. The summed E-state index contributed by atoms with van der Waals surface area (Å²) in [6.07, 6.45) is 9.45. The van der Waals surface area contributed by atoms with Gasteiger partial charge in [0.2, 0.25) is 11.8 Å². The van der Waals surface area contributed by atoms with Gasteiger partial charge in [-0.3, -0.25) is 9.59 Å². The van der Waals surface area contributed by atoms with E-state index in [1.54, 1.807) is 4.90 Å². The van der Waals surface area contributed by atoms with E-state index in [0.717, 1.165) is 25.8 Å². The van der Waals surface area contributed by atoms with Gasteiger partial charge in [0.05, 0.1) is 6.54 Å². The average Bonchev–Trinajstić information content (AvgIpc) is 3.21. The van der Waals surface area contributed by atoms with Crippen LogP contribution in [-0.4, -0.2) is 35.8 Å². The maximum atomic E-state index is 12.2. The Morgan fingerprint density at radius 1 is 1.11 bits per heavy atom. The van der Waals surface area contributed by atoms with E-state index >= 15 is 0 Å². The van der Waals surface area contributed by atoms with Gasteiger partial charge >= 0.3 is 0 Å². The molecule has 4 nitrogen and oxygen atoms in total. The largest absolute Gasteiger partial charge is 0.342 e. The van der Waals surface area contributed by atoms with E-state index < -0.39 is 0 Å². The number of piperazine rings is 1. The Bertz CT molecular complexity index is 326. The minimum Gasteiger partial charge on any atom is -0.342 e. The monoisotopic (exact) mass is 266 g/mol.